The Kier molecular flexibility index (Phi) is 3.74. The highest BCUT2D eigenvalue weighted by Gasteiger charge is 2.24. The van der Waals surface area contributed by atoms with Gasteiger partial charge in [0.25, 0.3) is 0 Å². The van der Waals surface area contributed by atoms with Crippen molar-refractivity contribution < 1.29 is 13.9 Å². The normalized spacial score (nSPS) is 11.2. The van der Waals surface area contributed by atoms with Crippen LogP contribution >= 0.6 is 0 Å². The first kappa shape index (κ1) is 15.1. The maximum absolute atomic E-state index is 13.7. The zero-order chi connectivity index (χ0) is 15.8. The van der Waals surface area contributed by atoms with Crippen LogP contribution in [0, 0.1) is 30.5 Å². The molecule has 0 fully saturated rings. The Morgan fingerprint density at radius 1 is 1.29 bits per heavy atom. The molecule has 0 radical (unpaired) electrons. The zero-order valence-corrected chi connectivity index (χ0v) is 12.6. The molecule has 0 saturated carbocycles. The Hall–Kier alpha value is -2.34. The number of aryl methyl sites for hydroxylation is 1. The predicted molar refractivity (Wildman–Crippen MR) is 81.7 cm³/mol. The molecule has 108 valence electrons. The molecule has 2 rings (SSSR count). The monoisotopic (exact) mass is 284 g/mol. The Balaban J connectivity index is 2.55. The maximum Gasteiger partial charge on any atom is 0.316 e. The van der Waals surface area contributed by atoms with Crippen LogP contribution in [0.4, 0.5) is 4.39 Å². The van der Waals surface area contributed by atoms with Gasteiger partial charge in [-0.2, -0.15) is 0 Å². The first-order valence-corrected chi connectivity index (χ1v) is 6.66. The molecule has 0 spiro atoms. The minimum atomic E-state index is -0.588. The van der Waals surface area contributed by atoms with Crippen LogP contribution in [-0.4, -0.2) is 5.97 Å². The van der Waals surface area contributed by atoms with Crippen molar-refractivity contribution in [3.8, 4) is 18.1 Å². The number of ether oxygens (including phenoxy) is 1. The topological polar surface area (TPSA) is 26.3 Å². The van der Waals surface area contributed by atoms with Crippen LogP contribution in [0.2, 0.25) is 0 Å². The first-order chi connectivity index (χ1) is 9.74. The summed E-state index contributed by atoms with van der Waals surface area (Å²) in [5, 5.41) is 1.43. The minimum Gasteiger partial charge on any atom is -0.426 e. The number of hydrogen-bond donors (Lipinski definition) is 0. The van der Waals surface area contributed by atoms with Crippen molar-refractivity contribution in [2.45, 2.75) is 27.7 Å². The van der Waals surface area contributed by atoms with Crippen molar-refractivity contribution in [3.05, 3.63) is 41.2 Å². The lowest BCUT2D eigenvalue weighted by atomic mass is 9.97. The molecule has 0 aliphatic heterocycles. The average molecular weight is 284 g/mol. The van der Waals surface area contributed by atoms with E-state index in [-0.39, 0.29) is 11.5 Å². The molecular weight excluding hydrogens is 267 g/mol. The number of terminal acetylenes is 1. The number of hydrogen-bond acceptors (Lipinski definition) is 2. The van der Waals surface area contributed by atoms with E-state index < -0.39 is 11.2 Å². The second-order valence-electron chi connectivity index (χ2n) is 6.04. The molecule has 0 saturated heterocycles. The SMILES string of the molecule is C#Cc1c(F)ccc2cc(OC(=O)C(C)(C)C)cc(C)c12. The molecule has 0 bridgehead atoms. The van der Waals surface area contributed by atoms with Gasteiger partial charge in [0.2, 0.25) is 0 Å². The highest BCUT2D eigenvalue weighted by molar-refractivity contribution is 5.93. The van der Waals surface area contributed by atoms with Crippen molar-refractivity contribution in [2.75, 3.05) is 0 Å². The molecule has 0 aliphatic carbocycles. The standard InChI is InChI=1S/C18H17FO2/c1-6-14-15(19)8-7-12-10-13(9-11(2)16(12)14)21-17(20)18(3,4)5/h1,7-10H,2-5H3. The van der Waals surface area contributed by atoms with Gasteiger partial charge in [0, 0.05) is 5.39 Å². The highest BCUT2D eigenvalue weighted by Crippen LogP contribution is 2.30. The van der Waals surface area contributed by atoms with E-state index in [9.17, 15) is 9.18 Å². The molecule has 2 nitrogen and oxygen atoms in total. The van der Waals surface area contributed by atoms with Crippen LogP contribution in [0.15, 0.2) is 24.3 Å². The van der Waals surface area contributed by atoms with Crippen molar-refractivity contribution in [1.29, 1.82) is 0 Å². The van der Waals surface area contributed by atoms with Gasteiger partial charge in [-0.1, -0.05) is 12.0 Å². The van der Waals surface area contributed by atoms with Gasteiger partial charge < -0.3 is 4.74 Å². The molecule has 0 unspecified atom stereocenters. The third-order valence-electron chi connectivity index (χ3n) is 3.20. The molecule has 2 aromatic rings. The molecule has 0 heterocycles. The Labute approximate surface area is 123 Å². The number of halogens is 1. The molecular formula is C18H17FO2. The van der Waals surface area contributed by atoms with E-state index in [2.05, 4.69) is 5.92 Å². The average Bonchev–Trinajstić information content (AvgIpc) is 2.38. The van der Waals surface area contributed by atoms with E-state index in [4.69, 9.17) is 11.2 Å². The second kappa shape index (κ2) is 5.21. The van der Waals surface area contributed by atoms with Gasteiger partial charge in [0.05, 0.1) is 11.0 Å². The van der Waals surface area contributed by atoms with Crippen LogP contribution < -0.4 is 4.74 Å². The van der Waals surface area contributed by atoms with Gasteiger partial charge in [-0.15, -0.1) is 6.42 Å². The molecule has 0 amide bonds. The number of benzene rings is 2. The van der Waals surface area contributed by atoms with Gasteiger partial charge in [-0.25, -0.2) is 4.39 Å². The summed E-state index contributed by atoms with van der Waals surface area (Å²) in [7, 11) is 0. The fourth-order valence-electron chi connectivity index (χ4n) is 2.08. The van der Waals surface area contributed by atoms with E-state index in [1.54, 1.807) is 39.0 Å². The summed E-state index contributed by atoms with van der Waals surface area (Å²) in [6, 6.07) is 6.36. The lowest BCUT2D eigenvalue weighted by Crippen LogP contribution is -2.25. The van der Waals surface area contributed by atoms with Crippen molar-refractivity contribution in [1.82, 2.24) is 0 Å². The summed E-state index contributed by atoms with van der Waals surface area (Å²) in [6.07, 6.45) is 5.39. The largest absolute Gasteiger partial charge is 0.426 e. The van der Waals surface area contributed by atoms with Crippen LogP contribution in [0.1, 0.15) is 31.9 Å². The van der Waals surface area contributed by atoms with Gasteiger partial charge in [-0.3, -0.25) is 4.79 Å². The zero-order valence-electron chi connectivity index (χ0n) is 12.6. The number of rotatable bonds is 1. The van der Waals surface area contributed by atoms with Gasteiger partial charge in [0.15, 0.2) is 0 Å². The summed E-state index contributed by atoms with van der Waals surface area (Å²) < 4.78 is 19.1. The molecule has 0 aromatic heterocycles. The summed E-state index contributed by atoms with van der Waals surface area (Å²) in [4.78, 5) is 11.9. The lowest BCUT2D eigenvalue weighted by molar-refractivity contribution is -0.142. The van der Waals surface area contributed by atoms with E-state index in [1.807, 2.05) is 6.92 Å². The fourth-order valence-corrected chi connectivity index (χ4v) is 2.08. The van der Waals surface area contributed by atoms with E-state index in [0.717, 1.165) is 10.9 Å². The van der Waals surface area contributed by atoms with Crippen LogP contribution in [0.3, 0.4) is 0 Å². The molecule has 2 aromatic carbocycles. The summed E-state index contributed by atoms with van der Waals surface area (Å²) in [5.41, 5.74) is 0.422. The quantitative estimate of drug-likeness (QED) is 0.445. The van der Waals surface area contributed by atoms with Gasteiger partial charge in [-0.05, 0) is 56.8 Å². The van der Waals surface area contributed by atoms with E-state index in [1.165, 1.54) is 6.07 Å². The Bertz CT molecular complexity index is 761. The third-order valence-corrected chi connectivity index (χ3v) is 3.20. The molecule has 0 N–H and O–H groups in total. The predicted octanol–water partition coefficient (Wildman–Crippen LogP) is 4.22. The number of carbonyl (C=O) groups is 1. The minimum absolute atomic E-state index is 0.235. The highest BCUT2D eigenvalue weighted by atomic mass is 19.1. The summed E-state index contributed by atoms with van der Waals surface area (Å²) >= 11 is 0. The summed E-state index contributed by atoms with van der Waals surface area (Å²) in [5.74, 6) is 2.08. The molecule has 0 aliphatic rings. The number of carbonyl (C=O) groups excluding carboxylic acids is 1. The van der Waals surface area contributed by atoms with Crippen molar-refractivity contribution in [3.63, 3.8) is 0 Å². The van der Waals surface area contributed by atoms with E-state index in [0.29, 0.717) is 11.1 Å². The third kappa shape index (κ3) is 2.90. The fraction of sp³-hybridized carbons (Fsp3) is 0.278. The number of esters is 1. The van der Waals surface area contributed by atoms with Crippen LogP contribution in [0.25, 0.3) is 10.8 Å². The lowest BCUT2D eigenvalue weighted by Gasteiger charge is -2.17. The second-order valence-corrected chi connectivity index (χ2v) is 6.04. The van der Waals surface area contributed by atoms with Crippen molar-refractivity contribution in [2.24, 2.45) is 5.41 Å². The first-order valence-electron chi connectivity index (χ1n) is 6.66. The van der Waals surface area contributed by atoms with Gasteiger partial charge >= 0.3 is 5.97 Å². The van der Waals surface area contributed by atoms with Crippen LogP contribution in [-0.2, 0) is 4.79 Å². The van der Waals surface area contributed by atoms with Gasteiger partial charge in [0.1, 0.15) is 11.6 Å². The smallest absolute Gasteiger partial charge is 0.316 e. The Morgan fingerprint density at radius 2 is 1.95 bits per heavy atom. The van der Waals surface area contributed by atoms with Crippen molar-refractivity contribution >= 4 is 16.7 Å². The Morgan fingerprint density at radius 3 is 2.52 bits per heavy atom. The number of fused-ring (bicyclic) bond motifs is 1. The van der Waals surface area contributed by atoms with Crippen LogP contribution in [0.5, 0.6) is 5.75 Å². The maximum atomic E-state index is 13.7. The summed E-state index contributed by atoms with van der Waals surface area (Å²) in [6.45, 7) is 7.18. The van der Waals surface area contributed by atoms with E-state index >= 15 is 0 Å². The molecule has 0 atom stereocenters. The molecule has 3 heteroatoms. The molecule has 21 heavy (non-hydrogen) atoms.